The lowest BCUT2D eigenvalue weighted by molar-refractivity contribution is -0.121. The minimum absolute atomic E-state index is 0.0309. The highest BCUT2D eigenvalue weighted by Crippen LogP contribution is 2.18. The van der Waals surface area contributed by atoms with Gasteiger partial charge in [-0.05, 0) is 25.7 Å². The molecule has 1 aromatic rings. The average molecular weight is 366 g/mol. The summed E-state index contributed by atoms with van der Waals surface area (Å²) in [4.78, 5) is 24.0. The maximum atomic E-state index is 12.1. The summed E-state index contributed by atoms with van der Waals surface area (Å²) in [6.07, 6.45) is 3.09. The number of ketones is 1. The Bertz CT molecular complexity index is 705. The molecule has 0 aromatic heterocycles. The maximum Gasteiger partial charge on any atom is 0.220 e. The van der Waals surface area contributed by atoms with Crippen LogP contribution in [0.15, 0.2) is 24.3 Å². The molecule has 1 aromatic carbocycles. The number of benzene rings is 1. The fourth-order valence-electron chi connectivity index (χ4n) is 2.90. The molecule has 1 aliphatic heterocycles. The number of carbonyl (C=O) groups is 2. The van der Waals surface area contributed by atoms with Gasteiger partial charge < -0.3 is 5.32 Å². The van der Waals surface area contributed by atoms with Crippen molar-refractivity contribution in [2.24, 2.45) is 5.92 Å². The van der Waals surface area contributed by atoms with E-state index in [9.17, 15) is 18.0 Å². The van der Waals surface area contributed by atoms with E-state index in [1.807, 2.05) is 19.1 Å². The Hall–Kier alpha value is -1.73. The second kappa shape index (κ2) is 8.58. The van der Waals surface area contributed by atoms with Crippen molar-refractivity contribution in [3.63, 3.8) is 0 Å². The Balaban J connectivity index is 1.68. The highest BCUT2D eigenvalue weighted by Gasteiger charge is 2.25. The SMILES string of the molecule is Cc1ccc(C(=O)CCC(=O)NCC2CCN(S(C)(=O)=O)CC2)cc1. The van der Waals surface area contributed by atoms with Gasteiger partial charge in [-0.2, -0.15) is 0 Å². The summed E-state index contributed by atoms with van der Waals surface area (Å²) in [6.45, 7) is 3.51. The van der Waals surface area contributed by atoms with Gasteiger partial charge in [0.05, 0.1) is 6.26 Å². The van der Waals surface area contributed by atoms with Gasteiger partial charge in [-0.25, -0.2) is 12.7 Å². The van der Waals surface area contributed by atoms with E-state index in [0.29, 0.717) is 25.2 Å². The third kappa shape index (κ3) is 6.25. The van der Waals surface area contributed by atoms with E-state index in [0.717, 1.165) is 18.4 Å². The average Bonchev–Trinajstić information content (AvgIpc) is 2.58. The van der Waals surface area contributed by atoms with E-state index in [1.54, 1.807) is 12.1 Å². The van der Waals surface area contributed by atoms with E-state index < -0.39 is 10.0 Å². The molecular weight excluding hydrogens is 340 g/mol. The van der Waals surface area contributed by atoms with Crippen LogP contribution in [0.2, 0.25) is 0 Å². The van der Waals surface area contributed by atoms with Gasteiger partial charge in [0.2, 0.25) is 15.9 Å². The molecule has 1 amide bonds. The van der Waals surface area contributed by atoms with Gasteiger partial charge in [-0.1, -0.05) is 29.8 Å². The summed E-state index contributed by atoms with van der Waals surface area (Å²) in [5, 5.41) is 2.86. The zero-order valence-electron chi connectivity index (χ0n) is 14.8. The predicted octanol–water partition coefficient (Wildman–Crippen LogP) is 1.75. The smallest absolute Gasteiger partial charge is 0.220 e. The summed E-state index contributed by atoms with van der Waals surface area (Å²) in [6, 6.07) is 7.34. The standard InChI is InChI=1S/C18H26N2O4S/c1-14-3-5-16(6-4-14)17(21)7-8-18(22)19-13-15-9-11-20(12-10-15)25(2,23)24/h3-6,15H,7-13H2,1-2H3,(H,19,22). The lowest BCUT2D eigenvalue weighted by Crippen LogP contribution is -2.41. The zero-order valence-corrected chi connectivity index (χ0v) is 15.6. The number of rotatable bonds is 7. The molecule has 25 heavy (non-hydrogen) atoms. The molecule has 6 nitrogen and oxygen atoms in total. The zero-order chi connectivity index (χ0) is 18.4. The maximum absolute atomic E-state index is 12.1. The molecular formula is C18H26N2O4S. The van der Waals surface area contributed by atoms with Gasteiger partial charge in [0, 0.05) is 38.0 Å². The van der Waals surface area contributed by atoms with Crippen LogP contribution in [0.5, 0.6) is 0 Å². The van der Waals surface area contributed by atoms with Crippen molar-refractivity contribution < 1.29 is 18.0 Å². The Labute approximate surface area is 149 Å². The molecule has 2 rings (SSSR count). The van der Waals surface area contributed by atoms with Gasteiger partial charge in [0.15, 0.2) is 5.78 Å². The monoisotopic (exact) mass is 366 g/mol. The number of hydrogen-bond acceptors (Lipinski definition) is 4. The number of nitrogens with one attached hydrogen (secondary N) is 1. The summed E-state index contributed by atoms with van der Waals surface area (Å²) < 4.78 is 24.4. The van der Waals surface area contributed by atoms with Crippen molar-refractivity contribution in [1.82, 2.24) is 9.62 Å². The fourth-order valence-corrected chi connectivity index (χ4v) is 3.78. The number of Topliss-reactive ketones (excluding diaryl/α,β-unsaturated/α-hetero) is 1. The minimum atomic E-state index is -3.12. The van der Waals surface area contributed by atoms with E-state index in [1.165, 1.54) is 10.6 Å². The van der Waals surface area contributed by atoms with Crippen LogP contribution < -0.4 is 5.32 Å². The lowest BCUT2D eigenvalue weighted by Gasteiger charge is -2.30. The van der Waals surface area contributed by atoms with Crippen molar-refractivity contribution in [2.75, 3.05) is 25.9 Å². The van der Waals surface area contributed by atoms with E-state index in [4.69, 9.17) is 0 Å². The molecule has 1 N–H and O–H groups in total. The van der Waals surface area contributed by atoms with Gasteiger partial charge in [0.1, 0.15) is 0 Å². The molecule has 1 fully saturated rings. The number of sulfonamides is 1. The van der Waals surface area contributed by atoms with Gasteiger partial charge >= 0.3 is 0 Å². The molecule has 1 aliphatic rings. The first-order valence-corrected chi connectivity index (χ1v) is 10.4. The van der Waals surface area contributed by atoms with Crippen molar-refractivity contribution >= 4 is 21.7 Å². The lowest BCUT2D eigenvalue weighted by atomic mass is 9.98. The van der Waals surface area contributed by atoms with Crippen LogP contribution in [0.3, 0.4) is 0 Å². The van der Waals surface area contributed by atoms with Gasteiger partial charge in [-0.15, -0.1) is 0 Å². The Morgan fingerprint density at radius 3 is 2.28 bits per heavy atom. The Kier molecular flexibility index (Phi) is 6.72. The third-order valence-electron chi connectivity index (χ3n) is 4.58. The van der Waals surface area contributed by atoms with E-state index >= 15 is 0 Å². The summed E-state index contributed by atoms with van der Waals surface area (Å²) in [5.41, 5.74) is 1.72. The first-order chi connectivity index (χ1) is 11.8. The van der Waals surface area contributed by atoms with Crippen LogP contribution in [0, 0.1) is 12.8 Å². The number of aryl methyl sites for hydroxylation is 1. The normalized spacial score (nSPS) is 16.6. The molecule has 0 aliphatic carbocycles. The predicted molar refractivity (Wildman–Crippen MR) is 96.9 cm³/mol. The largest absolute Gasteiger partial charge is 0.356 e. The Morgan fingerprint density at radius 1 is 1.12 bits per heavy atom. The number of piperidine rings is 1. The quantitative estimate of drug-likeness (QED) is 0.745. The molecule has 0 spiro atoms. The van der Waals surface area contributed by atoms with Crippen LogP contribution in [0.1, 0.15) is 41.6 Å². The van der Waals surface area contributed by atoms with Crippen LogP contribution in [0.4, 0.5) is 0 Å². The molecule has 1 heterocycles. The van der Waals surface area contributed by atoms with E-state index in [-0.39, 0.29) is 30.4 Å². The molecule has 7 heteroatoms. The second-order valence-corrected chi connectivity index (χ2v) is 8.68. The number of amides is 1. The van der Waals surface area contributed by atoms with Crippen LogP contribution in [-0.4, -0.2) is 50.3 Å². The molecule has 0 atom stereocenters. The summed E-state index contributed by atoms with van der Waals surface area (Å²) in [5.74, 6) is 0.123. The topological polar surface area (TPSA) is 83.6 Å². The molecule has 0 radical (unpaired) electrons. The van der Waals surface area contributed by atoms with Crippen LogP contribution >= 0.6 is 0 Å². The summed E-state index contributed by atoms with van der Waals surface area (Å²) in [7, 11) is -3.12. The van der Waals surface area contributed by atoms with Crippen molar-refractivity contribution in [3.8, 4) is 0 Å². The van der Waals surface area contributed by atoms with Crippen molar-refractivity contribution in [1.29, 1.82) is 0 Å². The second-order valence-electron chi connectivity index (χ2n) is 6.70. The summed E-state index contributed by atoms with van der Waals surface area (Å²) >= 11 is 0. The molecule has 0 saturated carbocycles. The molecule has 138 valence electrons. The number of hydrogen-bond donors (Lipinski definition) is 1. The molecule has 0 unspecified atom stereocenters. The number of carbonyl (C=O) groups excluding carboxylic acids is 2. The molecule has 0 bridgehead atoms. The van der Waals surface area contributed by atoms with Crippen molar-refractivity contribution in [3.05, 3.63) is 35.4 Å². The Morgan fingerprint density at radius 2 is 1.72 bits per heavy atom. The fraction of sp³-hybridized carbons (Fsp3) is 0.556. The van der Waals surface area contributed by atoms with Gasteiger partial charge in [0.25, 0.3) is 0 Å². The minimum Gasteiger partial charge on any atom is -0.356 e. The van der Waals surface area contributed by atoms with Gasteiger partial charge in [-0.3, -0.25) is 9.59 Å². The first kappa shape index (κ1) is 19.6. The highest BCUT2D eigenvalue weighted by atomic mass is 32.2. The van der Waals surface area contributed by atoms with E-state index in [2.05, 4.69) is 5.32 Å². The highest BCUT2D eigenvalue weighted by molar-refractivity contribution is 7.88. The first-order valence-electron chi connectivity index (χ1n) is 8.57. The number of nitrogens with zero attached hydrogens (tertiary/aromatic N) is 1. The molecule has 1 saturated heterocycles. The van der Waals surface area contributed by atoms with Crippen LogP contribution in [-0.2, 0) is 14.8 Å². The van der Waals surface area contributed by atoms with Crippen LogP contribution in [0.25, 0.3) is 0 Å². The van der Waals surface area contributed by atoms with Crippen molar-refractivity contribution in [2.45, 2.75) is 32.6 Å². The third-order valence-corrected chi connectivity index (χ3v) is 5.89.